The van der Waals surface area contributed by atoms with Crippen LogP contribution in [0.5, 0.6) is 5.75 Å². The molecule has 0 radical (unpaired) electrons. The molecule has 1 aliphatic heterocycles. The van der Waals surface area contributed by atoms with Crippen LogP contribution in [-0.4, -0.2) is 69.1 Å². The molecule has 13 heteroatoms. The van der Waals surface area contributed by atoms with E-state index in [1.54, 1.807) is 28.2 Å². The van der Waals surface area contributed by atoms with Crippen molar-refractivity contribution in [2.24, 2.45) is 7.05 Å². The number of aromatic nitrogens is 4. The second kappa shape index (κ2) is 12.8. The van der Waals surface area contributed by atoms with Gasteiger partial charge in [0, 0.05) is 20.3 Å². The van der Waals surface area contributed by atoms with Crippen LogP contribution in [0.25, 0.3) is 0 Å². The van der Waals surface area contributed by atoms with Crippen molar-refractivity contribution in [3.63, 3.8) is 0 Å². The standard InChI is InChI=1S/C27H34ClF2N7O.CH5NO/c1-15(2)24-22(13-37(5)35-24)32-25-20(28)12-31-26(34-25)33-21-10-16(3)18(11-23(21)38-17-6-7-17)19-8-9-36(4)14-27(19,29)30;1-2-3/h10-13,15,17,19H,6-9,14H2,1-5H3,(H2,31,32,33,34);2-3H,1H3. The number of halogens is 3. The number of nitrogens with one attached hydrogen (secondary N) is 3. The largest absolute Gasteiger partial charge is 0.488 e. The zero-order valence-electron chi connectivity index (χ0n) is 24.3. The highest BCUT2D eigenvalue weighted by molar-refractivity contribution is 6.32. The van der Waals surface area contributed by atoms with Crippen LogP contribution >= 0.6 is 11.6 Å². The fourth-order valence-electron chi connectivity index (χ4n) is 4.92. The third-order valence-electron chi connectivity index (χ3n) is 7.00. The van der Waals surface area contributed by atoms with Gasteiger partial charge in [0.25, 0.3) is 5.92 Å². The molecule has 3 heterocycles. The maximum Gasteiger partial charge on any atom is 0.267 e. The lowest BCUT2D eigenvalue weighted by Crippen LogP contribution is -2.45. The molecule has 1 atom stereocenters. The molecule has 41 heavy (non-hydrogen) atoms. The molecule has 10 nitrogen and oxygen atoms in total. The van der Waals surface area contributed by atoms with E-state index in [1.807, 2.05) is 26.2 Å². The summed E-state index contributed by atoms with van der Waals surface area (Å²) in [6, 6.07) is 3.63. The number of piperidine rings is 1. The zero-order valence-corrected chi connectivity index (χ0v) is 25.1. The second-order valence-electron chi connectivity index (χ2n) is 11.0. The number of nitrogens with zero attached hydrogens (tertiary/aromatic N) is 5. The number of benzene rings is 1. The van der Waals surface area contributed by atoms with E-state index in [-0.39, 0.29) is 18.6 Å². The van der Waals surface area contributed by atoms with Crippen molar-refractivity contribution >= 4 is 34.7 Å². The molecule has 0 amide bonds. The highest BCUT2D eigenvalue weighted by atomic mass is 35.5. The average Bonchev–Trinajstić information content (AvgIpc) is 3.62. The first-order chi connectivity index (χ1) is 19.4. The molecular formula is C28H39ClF2N8O2. The summed E-state index contributed by atoms with van der Waals surface area (Å²) >= 11 is 6.42. The van der Waals surface area contributed by atoms with Gasteiger partial charge in [0.1, 0.15) is 10.8 Å². The van der Waals surface area contributed by atoms with E-state index in [4.69, 9.17) is 21.5 Å². The molecule has 2 aliphatic rings. The van der Waals surface area contributed by atoms with E-state index in [2.05, 4.69) is 39.5 Å². The molecule has 1 aromatic carbocycles. The predicted octanol–water partition coefficient (Wildman–Crippen LogP) is 5.97. The number of ether oxygens (including phenoxy) is 1. The Kier molecular flexibility index (Phi) is 9.68. The third-order valence-corrected chi connectivity index (χ3v) is 7.28. The van der Waals surface area contributed by atoms with Crippen LogP contribution in [0.4, 0.5) is 31.9 Å². The molecule has 0 spiro atoms. The minimum atomic E-state index is -2.81. The predicted molar refractivity (Wildman–Crippen MR) is 156 cm³/mol. The smallest absolute Gasteiger partial charge is 0.267 e. The van der Waals surface area contributed by atoms with Crippen LogP contribution in [0.1, 0.15) is 61.8 Å². The molecular weight excluding hydrogens is 554 g/mol. The van der Waals surface area contributed by atoms with Crippen molar-refractivity contribution in [3.8, 4) is 5.75 Å². The van der Waals surface area contributed by atoms with Crippen LogP contribution in [0, 0.1) is 6.92 Å². The molecule has 1 saturated heterocycles. The van der Waals surface area contributed by atoms with Gasteiger partial charge < -0.3 is 25.5 Å². The van der Waals surface area contributed by atoms with E-state index >= 15 is 8.78 Å². The number of rotatable bonds is 8. The summed E-state index contributed by atoms with van der Waals surface area (Å²) in [4.78, 5) is 10.6. The molecule has 3 aromatic rings. The fraction of sp³-hybridized carbons (Fsp3) is 0.536. The number of aryl methyl sites for hydroxylation is 2. The summed E-state index contributed by atoms with van der Waals surface area (Å²) in [6.45, 7) is 6.37. The molecule has 1 saturated carbocycles. The Morgan fingerprint density at radius 1 is 1.15 bits per heavy atom. The molecule has 2 fully saturated rings. The van der Waals surface area contributed by atoms with Gasteiger partial charge >= 0.3 is 0 Å². The lowest BCUT2D eigenvalue weighted by Gasteiger charge is -2.37. The minimum Gasteiger partial charge on any atom is -0.488 e. The summed E-state index contributed by atoms with van der Waals surface area (Å²) in [7, 11) is 5.03. The summed E-state index contributed by atoms with van der Waals surface area (Å²) in [6.07, 6.45) is 5.77. The Labute approximate surface area is 244 Å². The highest BCUT2D eigenvalue weighted by Gasteiger charge is 2.45. The third kappa shape index (κ3) is 7.62. The van der Waals surface area contributed by atoms with E-state index in [0.29, 0.717) is 46.8 Å². The van der Waals surface area contributed by atoms with E-state index in [1.165, 1.54) is 13.2 Å². The molecule has 224 valence electrons. The van der Waals surface area contributed by atoms with E-state index in [0.717, 1.165) is 29.8 Å². The number of hydrogen-bond donors (Lipinski definition) is 4. The van der Waals surface area contributed by atoms with Gasteiger partial charge in [0.15, 0.2) is 5.82 Å². The lowest BCUT2D eigenvalue weighted by molar-refractivity contribution is -0.0767. The van der Waals surface area contributed by atoms with Gasteiger partial charge in [0.05, 0.1) is 41.8 Å². The maximum atomic E-state index is 15.0. The summed E-state index contributed by atoms with van der Waals surface area (Å²) in [5, 5.41) is 18.7. The average molecular weight is 593 g/mol. The first kappa shape index (κ1) is 30.9. The molecule has 0 bridgehead atoms. The van der Waals surface area contributed by atoms with Crippen molar-refractivity contribution < 1.29 is 18.7 Å². The van der Waals surface area contributed by atoms with E-state index < -0.39 is 11.8 Å². The number of hydrogen-bond acceptors (Lipinski definition) is 9. The Balaban J connectivity index is 0.00000124. The second-order valence-corrected chi connectivity index (χ2v) is 11.4. The van der Waals surface area contributed by atoms with Crippen LogP contribution < -0.4 is 20.9 Å². The summed E-state index contributed by atoms with van der Waals surface area (Å²) in [5.74, 6) is -2.19. The Bertz CT molecular complexity index is 1350. The molecule has 5 rings (SSSR count). The highest BCUT2D eigenvalue weighted by Crippen LogP contribution is 2.45. The van der Waals surface area contributed by atoms with Crippen LogP contribution in [0.2, 0.25) is 5.02 Å². The number of hydroxylamine groups is 1. The van der Waals surface area contributed by atoms with Gasteiger partial charge in [-0.3, -0.25) is 4.68 Å². The van der Waals surface area contributed by atoms with Crippen molar-refractivity contribution in [1.82, 2.24) is 30.1 Å². The molecule has 2 aromatic heterocycles. The quantitative estimate of drug-likeness (QED) is 0.235. The van der Waals surface area contributed by atoms with Crippen molar-refractivity contribution in [1.29, 1.82) is 0 Å². The Hall–Kier alpha value is -3.06. The van der Waals surface area contributed by atoms with Crippen molar-refractivity contribution in [2.75, 3.05) is 37.8 Å². The summed E-state index contributed by atoms with van der Waals surface area (Å²) in [5.41, 5.74) is 5.49. The number of alkyl halides is 2. The van der Waals surface area contributed by atoms with Crippen molar-refractivity contribution in [2.45, 2.75) is 63.9 Å². The van der Waals surface area contributed by atoms with Crippen LogP contribution in [0.3, 0.4) is 0 Å². The first-order valence-corrected chi connectivity index (χ1v) is 14.1. The monoisotopic (exact) mass is 592 g/mol. The molecule has 1 unspecified atom stereocenters. The Morgan fingerprint density at radius 3 is 2.49 bits per heavy atom. The normalized spacial score (nSPS) is 18.6. The number of likely N-dealkylation sites (tertiary alicyclic amines) is 1. The van der Waals surface area contributed by atoms with Gasteiger partial charge in [0.2, 0.25) is 5.95 Å². The molecule has 4 N–H and O–H groups in total. The van der Waals surface area contributed by atoms with Gasteiger partial charge in [-0.15, -0.1) is 0 Å². The van der Waals surface area contributed by atoms with Crippen LogP contribution in [-0.2, 0) is 7.05 Å². The first-order valence-electron chi connectivity index (χ1n) is 13.7. The topological polar surface area (TPSA) is 112 Å². The number of anilines is 4. The van der Waals surface area contributed by atoms with Gasteiger partial charge in [-0.05, 0) is 69.0 Å². The fourth-order valence-corrected chi connectivity index (χ4v) is 5.06. The Morgan fingerprint density at radius 2 is 1.85 bits per heavy atom. The minimum absolute atomic E-state index is 0.0903. The maximum absolute atomic E-state index is 15.0. The lowest BCUT2D eigenvalue weighted by atomic mass is 9.83. The van der Waals surface area contributed by atoms with Gasteiger partial charge in [-0.2, -0.15) is 10.1 Å². The van der Waals surface area contributed by atoms with Gasteiger partial charge in [-0.25, -0.2) is 19.2 Å². The zero-order chi connectivity index (χ0) is 29.9. The van der Waals surface area contributed by atoms with Gasteiger partial charge in [-0.1, -0.05) is 25.4 Å². The summed E-state index contributed by atoms with van der Waals surface area (Å²) < 4.78 is 38.0. The van der Waals surface area contributed by atoms with E-state index in [9.17, 15) is 0 Å². The SMILES string of the molecule is CNO.Cc1cc(Nc2ncc(Cl)c(Nc3cn(C)nc3C(C)C)n2)c(OC2CC2)cc1C1CCN(C)CC1(F)F. The molecule has 1 aliphatic carbocycles. The van der Waals surface area contributed by atoms with Crippen LogP contribution in [0.15, 0.2) is 24.5 Å². The van der Waals surface area contributed by atoms with Crippen molar-refractivity contribution in [3.05, 3.63) is 46.4 Å².